The third-order valence-corrected chi connectivity index (χ3v) is 5.39. The van der Waals surface area contributed by atoms with Crippen LogP contribution >= 0.6 is 0 Å². The Kier molecular flexibility index (Phi) is 5.57. The molecule has 0 spiro atoms. The van der Waals surface area contributed by atoms with Crippen LogP contribution in [0.25, 0.3) is 0 Å². The standard InChI is InChI=1S/C22H27N7/c1-16-8-6-7-11-19(16)29-14-12-28(13-15-29)17(2)20-25-21(23)27-22(26-20)24-18-9-4-3-5-10-18/h3-11,17H,12-15H2,1-2H3,(H3,23,24,25,26,27). The van der Waals surface area contributed by atoms with E-state index in [4.69, 9.17) is 5.73 Å². The predicted octanol–water partition coefficient (Wildman–Crippen LogP) is 3.39. The Balaban J connectivity index is 1.45. The Morgan fingerprint density at radius 1 is 0.897 bits per heavy atom. The summed E-state index contributed by atoms with van der Waals surface area (Å²) in [7, 11) is 0. The number of para-hydroxylation sites is 2. The van der Waals surface area contributed by atoms with E-state index in [1.807, 2.05) is 30.3 Å². The highest BCUT2D eigenvalue weighted by atomic mass is 15.3. The lowest BCUT2D eigenvalue weighted by atomic mass is 10.1. The molecular formula is C22H27N7. The molecule has 1 aromatic heterocycles. The van der Waals surface area contributed by atoms with Crippen molar-refractivity contribution in [3.05, 3.63) is 66.0 Å². The van der Waals surface area contributed by atoms with Crippen LogP contribution in [0.5, 0.6) is 0 Å². The zero-order chi connectivity index (χ0) is 20.2. The lowest BCUT2D eigenvalue weighted by Gasteiger charge is -2.39. The molecular weight excluding hydrogens is 362 g/mol. The zero-order valence-corrected chi connectivity index (χ0v) is 16.9. The van der Waals surface area contributed by atoms with Crippen LogP contribution < -0.4 is 16.0 Å². The highest BCUT2D eigenvalue weighted by Crippen LogP contribution is 2.25. The van der Waals surface area contributed by atoms with Crippen LogP contribution in [0.1, 0.15) is 24.4 Å². The molecule has 1 saturated heterocycles. The number of anilines is 4. The fraction of sp³-hybridized carbons (Fsp3) is 0.318. The van der Waals surface area contributed by atoms with Gasteiger partial charge in [-0.2, -0.15) is 15.0 Å². The maximum atomic E-state index is 5.97. The van der Waals surface area contributed by atoms with E-state index in [1.54, 1.807) is 0 Å². The number of hydrogen-bond acceptors (Lipinski definition) is 7. The average Bonchev–Trinajstić information content (AvgIpc) is 2.74. The SMILES string of the molecule is Cc1ccccc1N1CCN(C(C)c2nc(N)nc(Nc3ccccc3)n2)CC1. The van der Waals surface area contributed by atoms with Crippen LogP contribution in [0, 0.1) is 6.92 Å². The number of nitrogen functional groups attached to an aromatic ring is 1. The second-order valence-electron chi connectivity index (χ2n) is 7.35. The van der Waals surface area contributed by atoms with Crippen LogP contribution in [0.3, 0.4) is 0 Å². The molecule has 1 aliphatic heterocycles. The van der Waals surface area contributed by atoms with Crippen LogP contribution in [0.15, 0.2) is 54.6 Å². The molecule has 0 bridgehead atoms. The molecule has 1 aliphatic rings. The molecule has 150 valence electrons. The van der Waals surface area contributed by atoms with Crippen LogP contribution in [-0.2, 0) is 0 Å². The molecule has 3 N–H and O–H groups in total. The molecule has 1 fully saturated rings. The van der Waals surface area contributed by atoms with Gasteiger partial charge in [0, 0.05) is 37.6 Å². The third kappa shape index (κ3) is 4.46. The first-order valence-corrected chi connectivity index (χ1v) is 9.98. The summed E-state index contributed by atoms with van der Waals surface area (Å²) in [6, 6.07) is 18.4. The summed E-state index contributed by atoms with van der Waals surface area (Å²) in [6.45, 7) is 8.14. The lowest BCUT2D eigenvalue weighted by Crippen LogP contribution is -2.47. The highest BCUT2D eigenvalue weighted by Gasteiger charge is 2.25. The van der Waals surface area contributed by atoms with Crippen molar-refractivity contribution >= 4 is 23.3 Å². The summed E-state index contributed by atoms with van der Waals surface area (Å²) in [5, 5.41) is 3.21. The van der Waals surface area contributed by atoms with Gasteiger partial charge >= 0.3 is 0 Å². The molecule has 1 atom stereocenters. The first kappa shape index (κ1) is 19.1. The van der Waals surface area contributed by atoms with Crippen molar-refractivity contribution in [1.82, 2.24) is 19.9 Å². The smallest absolute Gasteiger partial charge is 0.232 e. The molecule has 0 radical (unpaired) electrons. The number of benzene rings is 2. The van der Waals surface area contributed by atoms with Crippen molar-refractivity contribution in [3.8, 4) is 0 Å². The van der Waals surface area contributed by atoms with Crippen LogP contribution in [0.2, 0.25) is 0 Å². The van der Waals surface area contributed by atoms with E-state index >= 15 is 0 Å². The topological polar surface area (TPSA) is 83.2 Å². The molecule has 3 aromatic rings. The molecule has 0 saturated carbocycles. The molecule has 7 heteroatoms. The van der Waals surface area contributed by atoms with Gasteiger partial charge in [0.2, 0.25) is 11.9 Å². The Labute approximate surface area is 171 Å². The minimum atomic E-state index is 0.0654. The van der Waals surface area contributed by atoms with Gasteiger partial charge in [-0.3, -0.25) is 4.90 Å². The first-order valence-electron chi connectivity index (χ1n) is 9.98. The predicted molar refractivity (Wildman–Crippen MR) is 117 cm³/mol. The van der Waals surface area contributed by atoms with Crippen molar-refractivity contribution < 1.29 is 0 Å². The molecule has 29 heavy (non-hydrogen) atoms. The van der Waals surface area contributed by atoms with Crippen molar-refractivity contribution in [2.45, 2.75) is 19.9 Å². The zero-order valence-electron chi connectivity index (χ0n) is 16.9. The number of aryl methyl sites for hydroxylation is 1. The van der Waals surface area contributed by atoms with Gasteiger partial charge in [-0.05, 0) is 37.6 Å². The van der Waals surface area contributed by atoms with Gasteiger partial charge in [-0.25, -0.2) is 0 Å². The van der Waals surface area contributed by atoms with E-state index in [1.165, 1.54) is 11.3 Å². The summed E-state index contributed by atoms with van der Waals surface area (Å²) in [5.74, 6) is 1.41. The van der Waals surface area contributed by atoms with E-state index in [2.05, 4.69) is 68.2 Å². The summed E-state index contributed by atoms with van der Waals surface area (Å²) in [6.07, 6.45) is 0. The van der Waals surface area contributed by atoms with Gasteiger partial charge in [0.15, 0.2) is 5.82 Å². The minimum Gasteiger partial charge on any atom is -0.369 e. The van der Waals surface area contributed by atoms with E-state index in [0.717, 1.165) is 31.9 Å². The second-order valence-corrected chi connectivity index (χ2v) is 7.35. The van der Waals surface area contributed by atoms with Gasteiger partial charge in [0.05, 0.1) is 6.04 Å². The molecule has 2 heterocycles. The number of aromatic nitrogens is 3. The maximum Gasteiger partial charge on any atom is 0.232 e. The number of rotatable bonds is 5. The molecule has 1 unspecified atom stereocenters. The summed E-state index contributed by atoms with van der Waals surface area (Å²) in [5.41, 5.74) is 9.52. The van der Waals surface area contributed by atoms with E-state index in [-0.39, 0.29) is 12.0 Å². The number of piperazine rings is 1. The Morgan fingerprint density at radius 3 is 2.31 bits per heavy atom. The number of nitrogens with one attached hydrogen (secondary N) is 1. The quantitative estimate of drug-likeness (QED) is 0.692. The van der Waals surface area contributed by atoms with Gasteiger partial charge in [0.25, 0.3) is 0 Å². The van der Waals surface area contributed by atoms with Gasteiger partial charge in [-0.15, -0.1) is 0 Å². The summed E-state index contributed by atoms with van der Waals surface area (Å²) in [4.78, 5) is 18.1. The van der Waals surface area contributed by atoms with Gasteiger partial charge in [-0.1, -0.05) is 36.4 Å². The third-order valence-electron chi connectivity index (χ3n) is 5.39. The normalized spacial score (nSPS) is 15.9. The van der Waals surface area contributed by atoms with Crippen molar-refractivity contribution in [3.63, 3.8) is 0 Å². The molecule has 7 nitrogen and oxygen atoms in total. The molecule has 2 aromatic carbocycles. The van der Waals surface area contributed by atoms with Gasteiger partial charge < -0.3 is 16.0 Å². The van der Waals surface area contributed by atoms with Crippen LogP contribution in [0.4, 0.5) is 23.3 Å². The maximum absolute atomic E-state index is 5.97. The minimum absolute atomic E-state index is 0.0654. The fourth-order valence-electron chi connectivity index (χ4n) is 3.73. The lowest BCUT2D eigenvalue weighted by molar-refractivity contribution is 0.191. The Hall–Kier alpha value is -3.19. The number of nitrogens with two attached hydrogens (primary N) is 1. The molecule has 0 amide bonds. The Morgan fingerprint density at radius 2 is 1.59 bits per heavy atom. The largest absolute Gasteiger partial charge is 0.369 e. The van der Waals surface area contributed by atoms with E-state index < -0.39 is 0 Å². The van der Waals surface area contributed by atoms with Crippen molar-refractivity contribution in [2.75, 3.05) is 42.1 Å². The molecule has 0 aliphatic carbocycles. The average molecular weight is 390 g/mol. The Bertz CT molecular complexity index is 952. The van der Waals surface area contributed by atoms with Crippen molar-refractivity contribution in [1.29, 1.82) is 0 Å². The summed E-state index contributed by atoms with van der Waals surface area (Å²) >= 11 is 0. The number of nitrogens with zero attached hydrogens (tertiary/aromatic N) is 5. The number of hydrogen-bond donors (Lipinski definition) is 2. The van der Waals surface area contributed by atoms with Crippen LogP contribution in [-0.4, -0.2) is 46.0 Å². The fourth-order valence-corrected chi connectivity index (χ4v) is 3.73. The van der Waals surface area contributed by atoms with E-state index in [9.17, 15) is 0 Å². The van der Waals surface area contributed by atoms with E-state index in [0.29, 0.717) is 11.8 Å². The monoisotopic (exact) mass is 389 g/mol. The molecule has 4 rings (SSSR count). The summed E-state index contributed by atoms with van der Waals surface area (Å²) < 4.78 is 0. The van der Waals surface area contributed by atoms with Crippen molar-refractivity contribution in [2.24, 2.45) is 0 Å². The second kappa shape index (κ2) is 8.45. The first-order chi connectivity index (χ1) is 14.1. The van der Waals surface area contributed by atoms with Gasteiger partial charge in [0.1, 0.15) is 0 Å². The highest BCUT2D eigenvalue weighted by molar-refractivity contribution is 5.54.